The average Bonchev–Trinajstić information content (AvgIpc) is 2.47. The topological polar surface area (TPSA) is 94.2 Å². The summed E-state index contributed by atoms with van der Waals surface area (Å²) in [4.78, 5) is 25.5. The molecule has 2 aromatic rings. The van der Waals surface area contributed by atoms with Gasteiger partial charge in [-0.05, 0) is 24.6 Å². The maximum atomic E-state index is 13.4. The number of anilines is 2. The fraction of sp³-hybridized carbons (Fsp3) is 0.286. The molecule has 0 saturated heterocycles. The highest BCUT2D eigenvalue weighted by molar-refractivity contribution is 5.89. The minimum absolute atomic E-state index is 0.0335. The van der Waals surface area contributed by atoms with Crippen molar-refractivity contribution in [1.82, 2.24) is 15.0 Å². The average molecular weight is 305 g/mol. The first-order chi connectivity index (χ1) is 10.4. The lowest BCUT2D eigenvalue weighted by atomic mass is 10.1. The Morgan fingerprint density at radius 3 is 2.68 bits per heavy atom. The predicted molar refractivity (Wildman–Crippen MR) is 78.8 cm³/mol. The van der Waals surface area contributed by atoms with Crippen LogP contribution in [0.15, 0.2) is 18.2 Å². The summed E-state index contributed by atoms with van der Waals surface area (Å²) in [6, 6.07) is 4.13. The minimum Gasteiger partial charge on any atom is -0.454 e. The third-order valence-corrected chi connectivity index (χ3v) is 2.83. The van der Waals surface area contributed by atoms with E-state index in [4.69, 9.17) is 10.5 Å². The van der Waals surface area contributed by atoms with Crippen LogP contribution in [-0.2, 0) is 11.3 Å². The van der Waals surface area contributed by atoms with Gasteiger partial charge in [-0.2, -0.15) is 15.0 Å². The zero-order valence-electron chi connectivity index (χ0n) is 12.5. The molecule has 22 heavy (non-hydrogen) atoms. The van der Waals surface area contributed by atoms with Crippen LogP contribution in [0.1, 0.15) is 21.7 Å². The molecule has 0 spiro atoms. The number of nitrogens with zero attached hydrogens (tertiary/aromatic N) is 4. The van der Waals surface area contributed by atoms with Crippen LogP contribution in [0.3, 0.4) is 0 Å². The Morgan fingerprint density at radius 2 is 2.05 bits per heavy atom. The number of rotatable bonds is 4. The van der Waals surface area contributed by atoms with E-state index in [1.54, 1.807) is 25.9 Å². The molecule has 0 aliphatic carbocycles. The molecule has 0 radical (unpaired) electrons. The van der Waals surface area contributed by atoms with Crippen LogP contribution in [0.5, 0.6) is 0 Å². The fourth-order valence-electron chi connectivity index (χ4n) is 1.62. The summed E-state index contributed by atoms with van der Waals surface area (Å²) in [5.74, 6) is -0.513. The Balaban J connectivity index is 2.09. The first-order valence-corrected chi connectivity index (χ1v) is 6.48. The van der Waals surface area contributed by atoms with Gasteiger partial charge in [0, 0.05) is 14.1 Å². The van der Waals surface area contributed by atoms with E-state index in [0.29, 0.717) is 11.5 Å². The highest BCUT2D eigenvalue weighted by Gasteiger charge is 2.12. The van der Waals surface area contributed by atoms with E-state index in [9.17, 15) is 9.18 Å². The number of aromatic nitrogens is 3. The number of nitrogens with two attached hydrogens (primary N) is 1. The van der Waals surface area contributed by atoms with E-state index in [1.807, 2.05) is 0 Å². The van der Waals surface area contributed by atoms with Gasteiger partial charge in [0.15, 0.2) is 12.4 Å². The molecule has 0 bridgehead atoms. The van der Waals surface area contributed by atoms with Crippen molar-refractivity contribution in [3.05, 3.63) is 41.0 Å². The second kappa shape index (κ2) is 6.33. The van der Waals surface area contributed by atoms with Gasteiger partial charge in [-0.1, -0.05) is 6.07 Å². The maximum Gasteiger partial charge on any atom is 0.338 e. The van der Waals surface area contributed by atoms with Crippen molar-refractivity contribution < 1.29 is 13.9 Å². The Kier molecular flexibility index (Phi) is 4.50. The van der Waals surface area contributed by atoms with Crippen LogP contribution in [-0.4, -0.2) is 35.0 Å². The van der Waals surface area contributed by atoms with E-state index in [2.05, 4.69) is 15.0 Å². The Morgan fingerprint density at radius 1 is 1.32 bits per heavy atom. The second-order valence-corrected chi connectivity index (χ2v) is 4.84. The molecule has 0 aliphatic heterocycles. The molecule has 0 amide bonds. The summed E-state index contributed by atoms with van der Waals surface area (Å²) in [6.07, 6.45) is 0. The van der Waals surface area contributed by atoms with E-state index >= 15 is 0 Å². The molecule has 0 atom stereocenters. The molecule has 116 valence electrons. The molecule has 0 aliphatic rings. The van der Waals surface area contributed by atoms with Gasteiger partial charge >= 0.3 is 5.97 Å². The minimum atomic E-state index is -0.663. The molecule has 0 unspecified atom stereocenters. The molecule has 0 saturated carbocycles. The molecular weight excluding hydrogens is 289 g/mol. The first kappa shape index (κ1) is 15.6. The molecule has 2 rings (SSSR count). The van der Waals surface area contributed by atoms with Gasteiger partial charge in [0.05, 0.1) is 5.56 Å². The lowest BCUT2D eigenvalue weighted by molar-refractivity contribution is 0.0461. The third kappa shape index (κ3) is 3.66. The quantitative estimate of drug-likeness (QED) is 0.851. The second-order valence-electron chi connectivity index (χ2n) is 4.84. The number of aryl methyl sites for hydroxylation is 1. The van der Waals surface area contributed by atoms with Crippen molar-refractivity contribution >= 4 is 17.9 Å². The van der Waals surface area contributed by atoms with Crippen LogP contribution >= 0.6 is 0 Å². The molecule has 7 nitrogen and oxygen atoms in total. The van der Waals surface area contributed by atoms with Gasteiger partial charge in [-0.25, -0.2) is 9.18 Å². The van der Waals surface area contributed by atoms with E-state index in [-0.39, 0.29) is 23.9 Å². The van der Waals surface area contributed by atoms with Crippen LogP contribution in [0.4, 0.5) is 16.3 Å². The molecule has 1 aromatic carbocycles. The largest absolute Gasteiger partial charge is 0.454 e. The number of hydrogen-bond donors (Lipinski definition) is 1. The predicted octanol–water partition coefficient (Wildman–Crippen LogP) is 1.32. The molecule has 1 heterocycles. The van der Waals surface area contributed by atoms with E-state index in [1.165, 1.54) is 12.1 Å². The van der Waals surface area contributed by atoms with Crippen molar-refractivity contribution in [2.45, 2.75) is 13.5 Å². The van der Waals surface area contributed by atoms with Crippen molar-refractivity contribution in [2.75, 3.05) is 24.7 Å². The van der Waals surface area contributed by atoms with Crippen LogP contribution in [0.25, 0.3) is 0 Å². The molecule has 1 aromatic heterocycles. The molecule has 0 fully saturated rings. The van der Waals surface area contributed by atoms with Gasteiger partial charge in [0.25, 0.3) is 0 Å². The Labute approximate surface area is 127 Å². The summed E-state index contributed by atoms with van der Waals surface area (Å²) >= 11 is 0. The number of carbonyl (C=O) groups excluding carboxylic acids is 1. The van der Waals surface area contributed by atoms with Gasteiger partial charge in [0.1, 0.15) is 5.82 Å². The van der Waals surface area contributed by atoms with Crippen molar-refractivity contribution in [3.8, 4) is 0 Å². The Bertz CT molecular complexity index is 706. The molecular formula is C14H16FN5O2. The lowest BCUT2D eigenvalue weighted by Gasteiger charge is -2.11. The smallest absolute Gasteiger partial charge is 0.338 e. The first-order valence-electron chi connectivity index (χ1n) is 6.48. The SMILES string of the molecule is Cc1ccc(C(=O)OCc2nc(N)nc(N(C)C)n2)cc1F. The summed E-state index contributed by atoms with van der Waals surface area (Å²) in [5.41, 5.74) is 6.15. The highest BCUT2D eigenvalue weighted by atomic mass is 19.1. The number of nitrogen functional groups attached to an aromatic ring is 1. The number of halogens is 1. The zero-order chi connectivity index (χ0) is 16.3. The highest BCUT2D eigenvalue weighted by Crippen LogP contribution is 2.12. The number of ether oxygens (including phenoxy) is 1. The van der Waals surface area contributed by atoms with Gasteiger partial charge in [-0.15, -0.1) is 0 Å². The number of hydrogen-bond acceptors (Lipinski definition) is 7. The van der Waals surface area contributed by atoms with Crippen LogP contribution < -0.4 is 10.6 Å². The Hall–Kier alpha value is -2.77. The third-order valence-electron chi connectivity index (χ3n) is 2.83. The summed E-state index contributed by atoms with van der Waals surface area (Å²) in [7, 11) is 3.50. The van der Waals surface area contributed by atoms with Gasteiger partial charge in [-0.3, -0.25) is 0 Å². The van der Waals surface area contributed by atoms with Crippen molar-refractivity contribution in [3.63, 3.8) is 0 Å². The summed E-state index contributed by atoms with van der Waals surface area (Å²) < 4.78 is 18.5. The lowest BCUT2D eigenvalue weighted by Crippen LogP contribution is -2.17. The fourth-order valence-corrected chi connectivity index (χ4v) is 1.62. The summed E-state index contributed by atoms with van der Waals surface area (Å²) in [6.45, 7) is 1.43. The zero-order valence-corrected chi connectivity index (χ0v) is 12.5. The number of esters is 1. The van der Waals surface area contributed by atoms with Crippen LogP contribution in [0, 0.1) is 12.7 Å². The number of carbonyl (C=O) groups is 1. The normalized spacial score (nSPS) is 10.4. The monoisotopic (exact) mass is 305 g/mol. The molecule has 8 heteroatoms. The standard InChI is InChI=1S/C14H16FN5O2/c1-8-4-5-9(6-10(8)15)12(21)22-7-11-17-13(16)19-14(18-11)20(2)3/h4-6H,7H2,1-3H3,(H2,16,17,18,19). The summed E-state index contributed by atoms with van der Waals surface area (Å²) in [5, 5.41) is 0. The van der Waals surface area contributed by atoms with Crippen molar-refractivity contribution in [1.29, 1.82) is 0 Å². The van der Waals surface area contributed by atoms with Crippen LogP contribution in [0.2, 0.25) is 0 Å². The van der Waals surface area contributed by atoms with Gasteiger partial charge in [0.2, 0.25) is 11.9 Å². The number of benzene rings is 1. The van der Waals surface area contributed by atoms with E-state index in [0.717, 1.165) is 6.07 Å². The molecule has 2 N–H and O–H groups in total. The van der Waals surface area contributed by atoms with E-state index < -0.39 is 11.8 Å². The van der Waals surface area contributed by atoms with Gasteiger partial charge < -0.3 is 15.4 Å². The van der Waals surface area contributed by atoms with Crippen molar-refractivity contribution in [2.24, 2.45) is 0 Å². The maximum absolute atomic E-state index is 13.4.